The standard InChI is InChI=1S/C23H27F6N7O/c24-22(25,26)11-15-12-36(9-8-34-4-1-5-34)20(32-15)14-2-6-35(7-3-14)21-18-16(23(27,28)29)10-17(37)33-19(18)30-13-31-21/h12-14,16H,1-11H2,(H,30,31,33,37)/t16-/m1/s1. The maximum atomic E-state index is 13.8. The topological polar surface area (TPSA) is 79.2 Å². The second kappa shape index (κ2) is 9.76. The van der Waals surface area contributed by atoms with Gasteiger partial charge in [-0.2, -0.15) is 26.3 Å². The first-order chi connectivity index (χ1) is 17.5. The monoisotopic (exact) mass is 531 g/mol. The molecule has 37 heavy (non-hydrogen) atoms. The molecule has 0 saturated carbocycles. The van der Waals surface area contributed by atoms with Crippen molar-refractivity contribution in [3.8, 4) is 0 Å². The van der Waals surface area contributed by atoms with Crippen LogP contribution >= 0.6 is 0 Å². The summed E-state index contributed by atoms with van der Waals surface area (Å²) in [6, 6.07) is 0. The highest BCUT2D eigenvalue weighted by Crippen LogP contribution is 2.46. The van der Waals surface area contributed by atoms with Gasteiger partial charge in [-0.1, -0.05) is 0 Å². The van der Waals surface area contributed by atoms with Crippen molar-refractivity contribution in [1.82, 2.24) is 24.4 Å². The molecule has 0 spiro atoms. The number of likely N-dealkylation sites (tertiary alicyclic amines) is 1. The van der Waals surface area contributed by atoms with Gasteiger partial charge >= 0.3 is 12.4 Å². The third-order valence-corrected chi connectivity index (χ3v) is 7.26. The molecule has 14 heteroatoms. The van der Waals surface area contributed by atoms with Gasteiger partial charge in [0.1, 0.15) is 23.8 Å². The first-order valence-electron chi connectivity index (χ1n) is 12.3. The molecule has 1 amide bonds. The number of alkyl halides is 6. The Balaban J connectivity index is 1.35. The Morgan fingerprint density at radius 1 is 1.00 bits per heavy atom. The van der Waals surface area contributed by atoms with Crippen LogP contribution in [-0.2, 0) is 17.8 Å². The number of carbonyl (C=O) groups is 1. The molecule has 1 N–H and O–H groups in total. The number of amides is 1. The first kappa shape index (κ1) is 25.7. The van der Waals surface area contributed by atoms with E-state index in [9.17, 15) is 31.1 Å². The lowest BCUT2D eigenvalue weighted by Gasteiger charge is -2.36. The molecule has 0 aliphatic carbocycles. The Labute approximate surface area is 209 Å². The Hall–Kier alpha value is -2.90. The fourth-order valence-electron chi connectivity index (χ4n) is 5.29. The summed E-state index contributed by atoms with van der Waals surface area (Å²) < 4.78 is 82.3. The number of piperidine rings is 1. The van der Waals surface area contributed by atoms with Gasteiger partial charge in [0.05, 0.1) is 23.6 Å². The predicted molar refractivity (Wildman–Crippen MR) is 121 cm³/mol. The molecule has 0 bridgehead atoms. The molecule has 2 aromatic heterocycles. The maximum Gasteiger partial charge on any atom is 0.396 e. The minimum atomic E-state index is -4.64. The zero-order chi connectivity index (χ0) is 26.4. The van der Waals surface area contributed by atoms with Gasteiger partial charge < -0.3 is 19.7 Å². The van der Waals surface area contributed by atoms with E-state index in [1.165, 1.54) is 6.20 Å². The highest BCUT2D eigenvalue weighted by molar-refractivity contribution is 5.94. The third kappa shape index (κ3) is 5.68. The van der Waals surface area contributed by atoms with Crippen LogP contribution in [0.1, 0.15) is 54.6 Å². The average molecular weight is 532 g/mol. The Morgan fingerprint density at radius 2 is 1.73 bits per heavy atom. The van der Waals surface area contributed by atoms with Gasteiger partial charge in [0.25, 0.3) is 0 Å². The van der Waals surface area contributed by atoms with Crippen molar-refractivity contribution < 1.29 is 31.1 Å². The molecule has 202 valence electrons. The van der Waals surface area contributed by atoms with E-state index >= 15 is 0 Å². The normalized spacial score (nSPS) is 21.5. The molecule has 3 aliphatic rings. The molecule has 5 heterocycles. The molecule has 5 rings (SSSR count). The molecular formula is C23H27F6N7O. The number of nitrogens with zero attached hydrogens (tertiary/aromatic N) is 6. The van der Waals surface area contributed by atoms with Crippen molar-refractivity contribution in [1.29, 1.82) is 0 Å². The lowest BCUT2D eigenvalue weighted by Crippen LogP contribution is -2.40. The van der Waals surface area contributed by atoms with Gasteiger partial charge in [-0.3, -0.25) is 4.79 Å². The molecule has 2 aromatic rings. The molecule has 1 atom stereocenters. The molecule has 3 aliphatic heterocycles. The predicted octanol–water partition coefficient (Wildman–Crippen LogP) is 3.86. The van der Waals surface area contributed by atoms with Gasteiger partial charge in [0.2, 0.25) is 5.91 Å². The summed E-state index contributed by atoms with van der Waals surface area (Å²) in [5.41, 5.74) is -0.168. The largest absolute Gasteiger partial charge is 0.396 e. The van der Waals surface area contributed by atoms with Crippen LogP contribution in [0.4, 0.5) is 38.0 Å². The number of fused-ring (bicyclic) bond motifs is 1. The van der Waals surface area contributed by atoms with Gasteiger partial charge in [-0.25, -0.2) is 15.0 Å². The van der Waals surface area contributed by atoms with Crippen LogP contribution in [0.15, 0.2) is 12.5 Å². The number of hydrogen-bond donors (Lipinski definition) is 1. The Kier molecular flexibility index (Phi) is 6.79. The Morgan fingerprint density at radius 3 is 2.35 bits per heavy atom. The number of halogens is 6. The number of imidazole rings is 1. The molecule has 0 unspecified atom stereocenters. The van der Waals surface area contributed by atoms with Crippen LogP contribution in [0.3, 0.4) is 0 Å². The molecule has 2 fully saturated rings. The zero-order valence-corrected chi connectivity index (χ0v) is 19.9. The highest BCUT2D eigenvalue weighted by Gasteiger charge is 2.48. The van der Waals surface area contributed by atoms with E-state index in [1.807, 2.05) is 4.57 Å². The van der Waals surface area contributed by atoms with Crippen molar-refractivity contribution >= 4 is 17.5 Å². The highest BCUT2D eigenvalue weighted by atomic mass is 19.4. The van der Waals surface area contributed by atoms with Gasteiger partial charge in [0.15, 0.2) is 0 Å². The lowest BCUT2D eigenvalue weighted by atomic mass is 9.90. The summed E-state index contributed by atoms with van der Waals surface area (Å²) in [5.74, 6) is -2.31. The Bertz CT molecular complexity index is 1140. The summed E-state index contributed by atoms with van der Waals surface area (Å²) in [4.78, 5) is 28.2. The molecule has 8 nitrogen and oxygen atoms in total. The number of anilines is 2. The summed E-state index contributed by atoms with van der Waals surface area (Å²) in [6.07, 6.45) is -6.13. The van der Waals surface area contributed by atoms with Crippen molar-refractivity contribution in [2.24, 2.45) is 0 Å². The lowest BCUT2D eigenvalue weighted by molar-refractivity contribution is -0.156. The van der Waals surface area contributed by atoms with Crippen LogP contribution in [0.25, 0.3) is 0 Å². The van der Waals surface area contributed by atoms with Crippen molar-refractivity contribution in [3.05, 3.63) is 29.6 Å². The number of aromatic nitrogens is 4. The average Bonchev–Trinajstić information content (AvgIpc) is 3.17. The van der Waals surface area contributed by atoms with Crippen LogP contribution in [0.2, 0.25) is 0 Å². The van der Waals surface area contributed by atoms with E-state index in [4.69, 9.17) is 0 Å². The summed E-state index contributed by atoms with van der Waals surface area (Å²) in [5, 5.41) is 2.41. The maximum absolute atomic E-state index is 13.8. The van der Waals surface area contributed by atoms with E-state index in [0.29, 0.717) is 38.3 Å². The van der Waals surface area contributed by atoms with Crippen molar-refractivity contribution in [3.63, 3.8) is 0 Å². The minimum Gasteiger partial charge on any atom is -0.356 e. The number of carbonyl (C=O) groups excluding carboxylic acids is 1. The van der Waals surface area contributed by atoms with E-state index in [1.54, 1.807) is 4.90 Å². The summed E-state index contributed by atoms with van der Waals surface area (Å²) >= 11 is 0. The van der Waals surface area contributed by atoms with E-state index in [0.717, 1.165) is 32.4 Å². The van der Waals surface area contributed by atoms with E-state index in [-0.39, 0.29) is 28.8 Å². The van der Waals surface area contributed by atoms with Crippen LogP contribution in [0, 0.1) is 0 Å². The molecule has 0 radical (unpaired) electrons. The number of nitrogens with one attached hydrogen (secondary N) is 1. The SMILES string of the molecule is O=C1C[C@@H](C(F)(F)F)c2c(ncnc2N2CCC(c3nc(CC(F)(F)F)cn3CCN3CCC3)CC2)N1. The van der Waals surface area contributed by atoms with E-state index in [2.05, 4.69) is 25.2 Å². The smallest absolute Gasteiger partial charge is 0.356 e. The summed E-state index contributed by atoms with van der Waals surface area (Å²) in [7, 11) is 0. The fraction of sp³-hybridized carbons (Fsp3) is 0.652. The van der Waals surface area contributed by atoms with Crippen molar-refractivity contribution in [2.45, 2.75) is 62.8 Å². The van der Waals surface area contributed by atoms with E-state index < -0.39 is 37.0 Å². The minimum absolute atomic E-state index is 0.0258. The fourth-order valence-corrected chi connectivity index (χ4v) is 5.29. The molecule has 2 saturated heterocycles. The quantitative estimate of drug-likeness (QED) is 0.571. The third-order valence-electron chi connectivity index (χ3n) is 7.26. The second-order valence-corrected chi connectivity index (χ2v) is 9.84. The molecule has 0 aromatic carbocycles. The second-order valence-electron chi connectivity index (χ2n) is 9.84. The van der Waals surface area contributed by atoms with Gasteiger partial charge in [0, 0.05) is 44.7 Å². The summed E-state index contributed by atoms with van der Waals surface area (Å²) in [6.45, 7) is 3.90. The number of hydrogen-bond acceptors (Lipinski definition) is 6. The van der Waals surface area contributed by atoms with Gasteiger partial charge in [-0.05, 0) is 32.4 Å². The van der Waals surface area contributed by atoms with Crippen LogP contribution in [0.5, 0.6) is 0 Å². The first-order valence-corrected chi connectivity index (χ1v) is 12.3. The zero-order valence-electron chi connectivity index (χ0n) is 19.9. The number of rotatable bonds is 6. The molecular weight excluding hydrogens is 504 g/mol. The van der Waals surface area contributed by atoms with Crippen LogP contribution in [-0.4, -0.2) is 75.4 Å². The van der Waals surface area contributed by atoms with Gasteiger partial charge in [-0.15, -0.1) is 0 Å². The van der Waals surface area contributed by atoms with Crippen molar-refractivity contribution in [2.75, 3.05) is 42.9 Å². The van der Waals surface area contributed by atoms with Crippen LogP contribution < -0.4 is 10.2 Å².